The first-order chi connectivity index (χ1) is 7.08. The van der Waals surface area contributed by atoms with Crippen molar-refractivity contribution < 1.29 is 4.39 Å². The molecule has 1 atom stereocenters. The number of halogens is 1. The van der Waals surface area contributed by atoms with Gasteiger partial charge in [-0.3, -0.25) is 0 Å². The Hall–Kier alpha value is -1.12. The number of pyridine rings is 1. The summed E-state index contributed by atoms with van der Waals surface area (Å²) < 4.78 is 12.6. The first-order valence-electron chi connectivity index (χ1n) is 5.46. The van der Waals surface area contributed by atoms with Crippen LogP contribution in [0.2, 0.25) is 0 Å². The lowest BCUT2D eigenvalue weighted by atomic mass is 9.87. The number of aromatic nitrogens is 1. The Bertz CT molecular complexity index is 332. The molecule has 2 rings (SSSR count). The molecule has 1 aromatic rings. The van der Waals surface area contributed by atoms with Gasteiger partial charge in [0.05, 0.1) is 11.9 Å². The van der Waals surface area contributed by atoms with Crippen LogP contribution in [0.1, 0.15) is 33.1 Å². The van der Waals surface area contributed by atoms with Crippen molar-refractivity contribution >= 4 is 5.69 Å². The van der Waals surface area contributed by atoms with Gasteiger partial charge in [0.25, 0.3) is 0 Å². The SMILES string of the molecule is CC1(C)CCCC1Nc1ccc(F)nc1. The summed E-state index contributed by atoms with van der Waals surface area (Å²) >= 11 is 0. The van der Waals surface area contributed by atoms with Crippen molar-refractivity contribution in [1.29, 1.82) is 0 Å². The minimum absolute atomic E-state index is 0.328. The highest BCUT2D eigenvalue weighted by molar-refractivity contribution is 5.41. The number of nitrogens with one attached hydrogen (secondary N) is 1. The van der Waals surface area contributed by atoms with Crippen molar-refractivity contribution in [3.63, 3.8) is 0 Å². The fourth-order valence-corrected chi connectivity index (χ4v) is 2.26. The quantitative estimate of drug-likeness (QED) is 0.755. The summed E-state index contributed by atoms with van der Waals surface area (Å²) in [5.74, 6) is -0.425. The van der Waals surface area contributed by atoms with Crippen LogP contribution in [0.15, 0.2) is 18.3 Å². The van der Waals surface area contributed by atoms with Crippen molar-refractivity contribution in [2.75, 3.05) is 5.32 Å². The number of nitrogens with zero attached hydrogens (tertiary/aromatic N) is 1. The summed E-state index contributed by atoms with van der Waals surface area (Å²) in [6.07, 6.45) is 5.26. The van der Waals surface area contributed by atoms with E-state index in [4.69, 9.17) is 0 Å². The molecule has 1 unspecified atom stereocenters. The van der Waals surface area contributed by atoms with Crippen molar-refractivity contribution in [3.8, 4) is 0 Å². The summed E-state index contributed by atoms with van der Waals surface area (Å²) in [6, 6.07) is 3.62. The molecular weight excluding hydrogens is 191 g/mol. The van der Waals surface area contributed by atoms with E-state index in [-0.39, 0.29) is 0 Å². The van der Waals surface area contributed by atoms with E-state index < -0.39 is 5.95 Å². The van der Waals surface area contributed by atoms with E-state index in [1.54, 1.807) is 12.3 Å². The summed E-state index contributed by atoms with van der Waals surface area (Å²) in [7, 11) is 0. The molecule has 15 heavy (non-hydrogen) atoms. The van der Waals surface area contributed by atoms with Gasteiger partial charge in [-0.15, -0.1) is 0 Å². The van der Waals surface area contributed by atoms with Gasteiger partial charge in [-0.25, -0.2) is 4.98 Å². The second-order valence-electron chi connectivity index (χ2n) is 4.95. The molecule has 0 saturated heterocycles. The number of rotatable bonds is 2. The van der Waals surface area contributed by atoms with E-state index >= 15 is 0 Å². The molecular formula is C12H17FN2. The summed E-state index contributed by atoms with van der Waals surface area (Å²) in [4.78, 5) is 3.64. The van der Waals surface area contributed by atoms with E-state index in [9.17, 15) is 4.39 Å². The van der Waals surface area contributed by atoms with Gasteiger partial charge in [0.2, 0.25) is 5.95 Å². The standard InChI is InChI=1S/C12H17FN2/c1-12(2)7-3-4-10(12)15-9-5-6-11(13)14-8-9/h5-6,8,10,15H,3-4,7H2,1-2H3. The average molecular weight is 208 g/mol. The zero-order valence-electron chi connectivity index (χ0n) is 9.26. The second-order valence-corrected chi connectivity index (χ2v) is 4.95. The third kappa shape index (κ3) is 2.28. The van der Waals surface area contributed by atoms with Crippen LogP contribution in [0.3, 0.4) is 0 Å². The molecule has 0 amide bonds. The Kier molecular flexibility index (Phi) is 2.63. The highest BCUT2D eigenvalue weighted by Crippen LogP contribution is 2.38. The lowest BCUT2D eigenvalue weighted by molar-refractivity contribution is 0.350. The first kappa shape index (κ1) is 10.4. The Balaban J connectivity index is 2.06. The molecule has 1 fully saturated rings. The Morgan fingerprint density at radius 3 is 2.80 bits per heavy atom. The van der Waals surface area contributed by atoms with E-state index in [1.807, 2.05) is 0 Å². The zero-order chi connectivity index (χ0) is 10.9. The fraction of sp³-hybridized carbons (Fsp3) is 0.583. The Labute approximate surface area is 89.9 Å². The summed E-state index contributed by atoms with van der Waals surface area (Å²) in [5.41, 5.74) is 1.24. The van der Waals surface area contributed by atoms with E-state index in [1.165, 1.54) is 25.3 Å². The van der Waals surface area contributed by atoms with Gasteiger partial charge in [-0.2, -0.15) is 4.39 Å². The first-order valence-corrected chi connectivity index (χ1v) is 5.46. The van der Waals surface area contributed by atoms with E-state index in [0.29, 0.717) is 11.5 Å². The van der Waals surface area contributed by atoms with Crippen molar-refractivity contribution in [2.45, 2.75) is 39.2 Å². The molecule has 1 N–H and O–H groups in total. The van der Waals surface area contributed by atoms with Gasteiger partial charge in [-0.05, 0) is 30.4 Å². The zero-order valence-corrected chi connectivity index (χ0v) is 9.26. The third-order valence-electron chi connectivity index (χ3n) is 3.33. The molecule has 0 bridgehead atoms. The Morgan fingerprint density at radius 1 is 1.47 bits per heavy atom. The highest BCUT2D eigenvalue weighted by Gasteiger charge is 2.34. The van der Waals surface area contributed by atoms with Gasteiger partial charge < -0.3 is 5.32 Å². The fourth-order valence-electron chi connectivity index (χ4n) is 2.26. The minimum Gasteiger partial charge on any atom is -0.381 e. The molecule has 2 nitrogen and oxygen atoms in total. The Morgan fingerprint density at radius 2 is 2.27 bits per heavy atom. The maximum Gasteiger partial charge on any atom is 0.212 e. The average Bonchev–Trinajstić information content (AvgIpc) is 2.50. The van der Waals surface area contributed by atoms with Crippen molar-refractivity contribution in [3.05, 3.63) is 24.3 Å². The van der Waals surface area contributed by atoms with Gasteiger partial charge in [0.15, 0.2) is 0 Å². The van der Waals surface area contributed by atoms with Crippen LogP contribution in [0.4, 0.5) is 10.1 Å². The molecule has 0 spiro atoms. The molecule has 1 aliphatic rings. The predicted octanol–water partition coefficient (Wildman–Crippen LogP) is 3.21. The number of hydrogen-bond donors (Lipinski definition) is 1. The molecule has 0 aliphatic heterocycles. The van der Waals surface area contributed by atoms with Crippen LogP contribution in [0.5, 0.6) is 0 Å². The van der Waals surface area contributed by atoms with Gasteiger partial charge >= 0.3 is 0 Å². The molecule has 1 saturated carbocycles. The molecule has 0 aromatic carbocycles. The van der Waals surface area contributed by atoms with E-state index in [0.717, 1.165) is 5.69 Å². The molecule has 3 heteroatoms. The van der Waals surface area contributed by atoms with Crippen LogP contribution in [0.25, 0.3) is 0 Å². The molecule has 0 radical (unpaired) electrons. The summed E-state index contributed by atoms with van der Waals surface area (Å²) in [5, 5.41) is 3.43. The lowest BCUT2D eigenvalue weighted by Crippen LogP contribution is -2.30. The number of hydrogen-bond acceptors (Lipinski definition) is 2. The molecule has 82 valence electrons. The maximum atomic E-state index is 12.6. The van der Waals surface area contributed by atoms with Crippen LogP contribution < -0.4 is 5.32 Å². The van der Waals surface area contributed by atoms with Gasteiger partial charge in [-0.1, -0.05) is 20.3 Å². The lowest BCUT2D eigenvalue weighted by Gasteiger charge is -2.28. The van der Waals surface area contributed by atoms with E-state index in [2.05, 4.69) is 24.1 Å². The normalized spacial score (nSPS) is 24.1. The van der Waals surface area contributed by atoms with Crippen LogP contribution in [-0.2, 0) is 0 Å². The topological polar surface area (TPSA) is 24.9 Å². The largest absolute Gasteiger partial charge is 0.381 e. The minimum atomic E-state index is -0.425. The van der Waals surface area contributed by atoms with Gasteiger partial charge in [0, 0.05) is 6.04 Å². The highest BCUT2D eigenvalue weighted by atomic mass is 19.1. The third-order valence-corrected chi connectivity index (χ3v) is 3.33. The molecule has 1 heterocycles. The van der Waals surface area contributed by atoms with Crippen LogP contribution in [0, 0.1) is 11.4 Å². The predicted molar refractivity (Wildman–Crippen MR) is 59.2 cm³/mol. The monoisotopic (exact) mass is 208 g/mol. The summed E-state index contributed by atoms with van der Waals surface area (Å²) in [6.45, 7) is 4.54. The number of anilines is 1. The second kappa shape index (κ2) is 3.80. The molecule has 1 aromatic heterocycles. The molecule has 1 aliphatic carbocycles. The van der Waals surface area contributed by atoms with Crippen LogP contribution >= 0.6 is 0 Å². The van der Waals surface area contributed by atoms with Crippen molar-refractivity contribution in [1.82, 2.24) is 4.98 Å². The smallest absolute Gasteiger partial charge is 0.212 e. The van der Waals surface area contributed by atoms with Crippen LogP contribution in [-0.4, -0.2) is 11.0 Å². The van der Waals surface area contributed by atoms with Crippen molar-refractivity contribution in [2.24, 2.45) is 5.41 Å². The van der Waals surface area contributed by atoms with Gasteiger partial charge in [0.1, 0.15) is 0 Å². The maximum absolute atomic E-state index is 12.6.